The van der Waals surface area contributed by atoms with Gasteiger partial charge in [-0.1, -0.05) is 29.3 Å². The first-order valence-electron chi connectivity index (χ1n) is 6.91. The number of phenols is 1. The first-order chi connectivity index (χ1) is 11.9. The van der Waals surface area contributed by atoms with E-state index in [-0.39, 0.29) is 10.8 Å². The Labute approximate surface area is 162 Å². The van der Waals surface area contributed by atoms with E-state index in [0.29, 0.717) is 20.7 Å². The molecule has 0 saturated heterocycles. The van der Waals surface area contributed by atoms with E-state index < -0.39 is 18.2 Å². The molecule has 0 aliphatic carbocycles. The number of carbonyl (C=O) groups excluding carboxylic acids is 2. The largest absolute Gasteiger partial charge is 0.507 e. The molecule has 9 heteroatoms. The summed E-state index contributed by atoms with van der Waals surface area (Å²) in [5.41, 5.74) is 3.22. The summed E-state index contributed by atoms with van der Waals surface area (Å²) < 4.78 is 0.501. The average molecular weight is 445 g/mol. The SMILES string of the molecule is O=C(CC(=O)Nc1cccc(Cl)c1Cl)NN=Cc1ccc(O)c(Br)c1. The van der Waals surface area contributed by atoms with Crippen molar-refractivity contribution in [1.29, 1.82) is 0 Å². The normalized spacial score (nSPS) is 10.7. The molecular weight excluding hydrogens is 433 g/mol. The van der Waals surface area contributed by atoms with Crippen LogP contribution >= 0.6 is 39.1 Å². The van der Waals surface area contributed by atoms with Crippen LogP contribution in [0.25, 0.3) is 0 Å². The Morgan fingerprint density at radius 3 is 2.68 bits per heavy atom. The van der Waals surface area contributed by atoms with Gasteiger partial charge in [0.1, 0.15) is 12.2 Å². The molecule has 0 aromatic heterocycles. The van der Waals surface area contributed by atoms with Gasteiger partial charge in [-0.25, -0.2) is 5.43 Å². The van der Waals surface area contributed by atoms with Gasteiger partial charge in [0.15, 0.2) is 0 Å². The lowest BCUT2D eigenvalue weighted by Gasteiger charge is -2.07. The van der Waals surface area contributed by atoms with Gasteiger partial charge in [0.05, 0.1) is 26.4 Å². The number of phenolic OH excluding ortho intramolecular Hbond substituents is 1. The lowest BCUT2D eigenvalue weighted by atomic mass is 10.2. The van der Waals surface area contributed by atoms with Crippen LogP contribution in [0.5, 0.6) is 5.75 Å². The lowest BCUT2D eigenvalue weighted by molar-refractivity contribution is -0.126. The van der Waals surface area contributed by atoms with E-state index >= 15 is 0 Å². The molecule has 0 atom stereocenters. The Bertz CT molecular complexity index is 843. The molecule has 2 rings (SSSR count). The molecule has 3 N–H and O–H groups in total. The van der Waals surface area contributed by atoms with Crippen molar-refractivity contribution in [3.63, 3.8) is 0 Å². The van der Waals surface area contributed by atoms with Crippen LogP contribution in [0.2, 0.25) is 10.0 Å². The summed E-state index contributed by atoms with van der Waals surface area (Å²) in [5, 5.41) is 16.1. The van der Waals surface area contributed by atoms with Crippen molar-refractivity contribution in [3.05, 3.63) is 56.5 Å². The fraction of sp³-hybridized carbons (Fsp3) is 0.0625. The summed E-state index contributed by atoms with van der Waals surface area (Å²) in [6.07, 6.45) is 0.952. The molecule has 130 valence electrons. The summed E-state index contributed by atoms with van der Waals surface area (Å²) in [7, 11) is 0. The number of nitrogens with one attached hydrogen (secondary N) is 2. The number of amides is 2. The summed E-state index contributed by atoms with van der Waals surface area (Å²) >= 11 is 15.0. The molecule has 0 aliphatic rings. The van der Waals surface area contributed by atoms with Crippen molar-refractivity contribution in [2.24, 2.45) is 5.10 Å². The third kappa shape index (κ3) is 5.74. The predicted octanol–water partition coefficient (Wildman–Crippen LogP) is 3.94. The number of anilines is 1. The Balaban J connectivity index is 1.87. The summed E-state index contributed by atoms with van der Waals surface area (Å²) in [4.78, 5) is 23.6. The molecular formula is C16H12BrCl2N3O3. The van der Waals surface area contributed by atoms with Gasteiger partial charge in [0, 0.05) is 0 Å². The minimum absolute atomic E-state index is 0.0949. The van der Waals surface area contributed by atoms with Gasteiger partial charge in [-0.2, -0.15) is 5.10 Å². The van der Waals surface area contributed by atoms with Gasteiger partial charge in [0.25, 0.3) is 0 Å². The fourth-order valence-corrected chi connectivity index (χ4v) is 2.51. The summed E-state index contributed by atoms with van der Waals surface area (Å²) in [6.45, 7) is 0. The molecule has 2 aromatic rings. The van der Waals surface area contributed by atoms with Gasteiger partial charge in [0.2, 0.25) is 11.8 Å². The Morgan fingerprint density at radius 2 is 1.96 bits per heavy atom. The van der Waals surface area contributed by atoms with E-state index in [4.69, 9.17) is 23.2 Å². The highest BCUT2D eigenvalue weighted by atomic mass is 79.9. The number of hydrogen-bond acceptors (Lipinski definition) is 4. The number of carbonyl (C=O) groups is 2. The molecule has 25 heavy (non-hydrogen) atoms. The molecule has 2 amide bonds. The molecule has 0 fully saturated rings. The molecule has 0 heterocycles. The number of hydrogen-bond donors (Lipinski definition) is 3. The zero-order valence-electron chi connectivity index (χ0n) is 12.6. The van der Waals surface area contributed by atoms with Crippen molar-refractivity contribution in [2.75, 3.05) is 5.32 Å². The number of hydrazone groups is 1. The summed E-state index contributed by atoms with van der Waals surface area (Å²) in [6, 6.07) is 9.51. The highest BCUT2D eigenvalue weighted by molar-refractivity contribution is 9.10. The monoisotopic (exact) mass is 443 g/mol. The van der Waals surface area contributed by atoms with Crippen LogP contribution in [0, 0.1) is 0 Å². The Morgan fingerprint density at radius 1 is 1.20 bits per heavy atom. The fourth-order valence-electron chi connectivity index (χ4n) is 1.76. The number of halogens is 3. The molecule has 0 aliphatic heterocycles. The zero-order valence-corrected chi connectivity index (χ0v) is 15.7. The third-order valence-corrected chi connectivity index (χ3v) is 4.38. The van der Waals surface area contributed by atoms with E-state index in [9.17, 15) is 14.7 Å². The highest BCUT2D eigenvalue weighted by Gasteiger charge is 2.12. The van der Waals surface area contributed by atoms with Crippen molar-refractivity contribution in [1.82, 2.24) is 5.43 Å². The van der Waals surface area contributed by atoms with E-state index in [1.165, 1.54) is 12.3 Å². The number of rotatable bonds is 5. The second-order valence-electron chi connectivity index (χ2n) is 4.83. The lowest BCUT2D eigenvalue weighted by Crippen LogP contribution is -2.24. The number of benzene rings is 2. The molecule has 6 nitrogen and oxygen atoms in total. The van der Waals surface area contributed by atoms with Gasteiger partial charge < -0.3 is 10.4 Å². The first kappa shape index (κ1) is 19.2. The van der Waals surface area contributed by atoms with Crippen molar-refractivity contribution in [3.8, 4) is 5.75 Å². The topological polar surface area (TPSA) is 90.8 Å². The van der Waals surface area contributed by atoms with Gasteiger partial charge in [-0.15, -0.1) is 0 Å². The zero-order chi connectivity index (χ0) is 18.4. The third-order valence-electron chi connectivity index (χ3n) is 2.92. The maximum Gasteiger partial charge on any atom is 0.249 e. The molecule has 0 saturated carbocycles. The van der Waals surface area contributed by atoms with Crippen molar-refractivity contribution >= 4 is 62.8 Å². The predicted molar refractivity (Wildman–Crippen MR) is 101 cm³/mol. The second kappa shape index (κ2) is 8.84. The summed E-state index contributed by atoms with van der Waals surface area (Å²) in [5.74, 6) is -1.05. The van der Waals surface area contributed by atoms with E-state index in [2.05, 4.69) is 31.8 Å². The van der Waals surface area contributed by atoms with E-state index in [0.717, 1.165) is 0 Å². The Hall–Kier alpha value is -2.09. The highest BCUT2D eigenvalue weighted by Crippen LogP contribution is 2.29. The molecule has 0 radical (unpaired) electrons. The van der Waals surface area contributed by atoms with Crippen LogP contribution < -0.4 is 10.7 Å². The van der Waals surface area contributed by atoms with Crippen LogP contribution in [0.1, 0.15) is 12.0 Å². The van der Waals surface area contributed by atoms with Crippen LogP contribution in [-0.4, -0.2) is 23.1 Å². The number of nitrogens with zero attached hydrogens (tertiary/aromatic N) is 1. The maximum absolute atomic E-state index is 11.8. The van der Waals surface area contributed by atoms with Crippen LogP contribution in [0.4, 0.5) is 5.69 Å². The molecule has 0 spiro atoms. The van der Waals surface area contributed by atoms with Crippen LogP contribution in [0.3, 0.4) is 0 Å². The minimum Gasteiger partial charge on any atom is -0.507 e. The smallest absolute Gasteiger partial charge is 0.249 e. The maximum atomic E-state index is 11.8. The standard InChI is InChI=1S/C16H12BrCl2N3O3/c17-10-6-9(4-5-13(10)23)8-20-22-15(25)7-14(24)21-12-3-1-2-11(18)16(12)19/h1-6,8,23H,7H2,(H,21,24)(H,22,25). The first-order valence-corrected chi connectivity index (χ1v) is 8.46. The second-order valence-corrected chi connectivity index (χ2v) is 6.47. The van der Waals surface area contributed by atoms with Crippen LogP contribution in [0.15, 0.2) is 46.0 Å². The average Bonchev–Trinajstić information content (AvgIpc) is 2.55. The quantitative estimate of drug-likeness (QED) is 0.370. The van der Waals surface area contributed by atoms with Gasteiger partial charge >= 0.3 is 0 Å². The van der Waals surface area contributed by atoms with E-state index in [1.54, 1.807) is 30.3 Å². The van der Waals surface area contributed by atoms with Gasteiger partial charge in [-0.3, -0.25) is 9.59 Å². The number of aromatic hydroxyl groups is 1. The molecule has 0 bridgehead atoms. The van der Waals surface area contributed by atoms with Crippen molar-refractivity contribution < 1.29 is 14.7 Å². The minimum atomic E-state index is -0.593. The Kier molecular flexibility index (Phi) is 6.81. The molecule has 2 aromatic carbocycles. The van der Waals surface area contributed by atoms with E-state index in [1.807, 2.05) is 0 Å². The van der Waals surface area contributed by atoms with Crippen LogP contribution in [-0.2, 0) is 9.59 Å². The molecule has 0 unspecified atom stereocenters. The van der Waals surface area contributed by atoms with Crippen molar-refractivity contribution in [2.45, 2.75) is 6.42 Å². The van der Waals surface area contributed by atoms with Gasteiger partial charge in [-0.05, 0) is 51.8 Å².